The fraction of sp³-hybridized carbons (Fsp3) is 0.368. The van der Waals surface area contributed by atoms with Gasteiger partial charge in [-0.15, -0.1) is 0 Å². The molecule has 0 saturated carbocycles. The van der Waals surface area contributed by atoms with E-state index in [-0.39, 0.29) is 24.8 Å². The zero-order valence-electron chi connectivity index (χ0n) is 14.3. The molecule has 1 aromatic carbocycles. The number of hydrogen-bond acceptors (Lipinski definition) is 4. The van der Waals surface area contributed by atoms with Crippen LogP contribution < -0.4 is 5.32 Å². The highest BCUT2D eigenvalue weighted by atomic mass is 16.5. The summed E-state index contributed by atoms with van der Waals surface area (Å²) in [6.07, 6.45) is 4.28. The van der Waals surface area contributed by atoms with Crippen LogP contribution in [0.5, 0.6) is 0 Å². The molecule has 2 N–H and O–H groups in total. The molecule has 1 aliphatic carbocycles. The van der Waals surface area contributed by atoms with Crippen LogP contribution in [-0.4, -0.2) is 42.7 Å². The molecule has 0 unspecified atom stereocenters. The number of carbonyl (C=O) groups is 2. The summed E-state index contributed by atoms with van der Waals surface area (Å²) in [6, 6.07) is 7.23. The number of ether oxygens (including phenoxy) is 1. The summed E-state index contributed by atoms with van der Waals surface area (Å²) in [5.41, 5.74) is 2.24. The number of methoxy groups -OCH3 is 1. The number of rotatable bonds is 6. The zero-order valence-corrected chi connectivity index (χ0v) is 14.3. The van der Waals surface area contributed by atoms with Gasteiger partial charge in [-0.05, 0) is 54.8 Å². The van der Waals surface area contributed by atoms with Gasteiger partial charge < -0.3 is 15.2 Å². The number of allylic oxidation sites excluding steroid dienone is 2. The van der Waals surface area contributed by atoms with Crippen LogP contribution in [0.15, 0.2) is 47.6 Å². The second-order valence-corrected chi connectivity index (χ2v) is 6.00. The molecular weight excluding hydrogens is 306 g/mol. The van der Waals surface area contributed by atoms with E-state index < -0.39 is 5.60 Å². The molecule has 0 radical (unpaired) electrons. The topological polar surface area (TPSA) is 75.6 Å². The minimum absolute atomic E-state index is 0.0403. The molecule has 1 aromatic rings. The summed E-state index contributed by atoms with van der Waals surface area (Å²) < 4.78 is 5.69. The van der Waals surface area contributed by atoms with Crippen molar-refractivity contribution in [3.8, 4) is 0 Å². The minimum Gasteiger partial charge on any atom is -0.395 e. The van der Waals surface area contributed by atoms with Crippen LogP contribution in [-0.2, 0) is 16.0 Å². The van der Waals surface area contributed by atoms with Gasteiger partial charge in [-0.3, -0.25) is 9.59 Å². The van der Waals surface area contributed by atoms with Crippen LogP contribution in [0.4, 0.5) is 0 Å². The molecule has 1 aliphatic rings. The normalized spacial score (nSPS) is 16.4. The third kappa shape index (κ3) is 3.99. The zero-order chi connectivity index (χ0) is 17.7. The van der Waals surface area contributed by atoms with E-state index in [0.717, 1.165) is 5.56 Å². The van der Waals surface area contributed by atoms with Gasteiger partial charge in [0.1, 0.15) is 5.60 Å². The van der Waals surface area contributed by atoms with Crippen molar-refractivity contribution >= 4 is 11.7 Å². The average molecular weight is 329 g/mol. The highest BCUT2D eigenvalue weighted by Gasteiger charge is 2.31. The second-order valence-electron chi connectivity index (χ2n) is 6.00. The fourth-order valence-electron chi connectivity index (χ4n) is 2.87. The Balaban J connectivity index is 2.18. The molecule has 5 heteroatoms. The van der Waals surface area contributed by atoms with Crippen molar-refractivity contribution in [1.29, 1.82) is 0 Å². The number of nitrogens with one attached hydrogen (secondary N) is 1. The van der Waals surface area contributed by atoms with Gasteiger partial charge in [0.25, 0.3) is 5.91 Å². The Morgan fingerprint density at radius 1 is 1.17 bits per heavy atom. The number of hydrogen-bond donors (Lipinski definition) is 2. The van der Waals surface area contributed by atoms with Crippen molar-refractivity contribution in [2.45, 2.75) is 25.9 Å². The summed E-state index contributed by atoms with van der Waals surface area (Å²) in [6.45, 7) is 3.73. The standard InChI is InChI=1S/C19H23NO4/c1-13-10-19(24-3,11-14(2)17(13)22)12-15-4-6-16(7-5-15)18(23)20-8-9-21/h4-7,10-11,21H,8-9,12H2,1-3H3,(H,20,23). The van der Waals surface area contributed by atoms with E-state index in [4.69, 9.17) is 9.84 Å². The molecule has 0 aliphatic heterocycles. The van der Waals surface area contributed by atoms with Crippen molar-refractivity contribution in [2.75, 3.05) is 20.3 Å². The SMILES string of the molecule is COC1(Cc2ccc(C(=O)NCCO)cc2)C=C(C)C(=O)C(C)=C1. The minimum atomic E-state index is -0.650. The lowest BCUT2D eigenvalue weighted by molar-refractivity contribution is -0.112. The van der Waals surface area contributed by atoms with Crippen LogP contribution in [0.2, 0.25) is 0 Å². The van der Waals surface area contributed by atoms with E-state index in [1.54, 1.807) is 33.1 Å². The summed E-state index contributed by atoms with van der Waals surface area (Å²) in [7, 11) is 1.63. The Hall–Kier alpha value is -2.24. The first-order valence-electron chi connectivity index (χ1n) is 7.87. The number of benzene rings is 1. The van der Waals surface area contributed by atoms with Gasteiger partial charge in [0.2, 0.25) is 0 Å². The maximum absolute atomic E-state index is 11.9. The fourth-order valence-corrected chi connectivity index (χ4v) is 2.87. The second kappa shape index (κ2) is 7.55. The highest BCUT2D eigenvalue weighted by Crippen LogP contribution is 2.29. The molecule has 128 valence electrons. The third-order valence-electron chi connectivity index (χ3n) is 4.11. The van der Waals surface area contributed by atoms with Gasteiger partial charge in [-0.1, -0.05) is 12.1 Å². The maximum Gasteiger partial charge on any atom is 0.251 e. The Morgan fingerprint density at radius 2 is 1.75 bits per heavy atom. The smallest absolute Gasteiger partial charge is 0.251 e. The first-order chi connectivity index (χ1) is 11.4. The van der Waals surface area contributed by atoms with Crippen molar-refractivity contribution in [3.63, 3.8) is 0 Å². The monoisotopic (exact) mass is 329 g/mol. The van der Waals surface area contributed by atoms with Crippen molar-refractivity contribution in [2.24, 2.45) is 0 Å². The molecule has 0 saturated heterocycles. The largest absolute Gasteiger partial charge is 0.395 e. The van der Waals surface area contributed by atoms with Crippen LogP contribution in [0.25, 0.3) is 0 Å². The van der Waals surface area contributed by atoms with Crippen LogP contribution in [0, 0.1) is 0 Å². The lowest BCUT2D eigenvalue weighted by Gasteiger charge is -2.30. The number of amides is 1. The Bertz CT molecular complexity index is 664. The Kier molecular flexibility index (Phi) is 5.70. The van der Waals surface area contributed by atoms with Gasteiger partial charge >= 0.3 is 0 Å². The molecule has 0 aromatic heterocycles. The van der Waals surface area contributed by atoms with Crippen LogP contribution in [0.1, 0.15) is 29.8 Å². The van der Waals surface area contributed by atoms with E-state index in [0.29, 0.717) is 23.1 Å². The Labute approximate surface area is 142 Å². The molecule has 0 atom stereocenters. The third-order valence-corrected chi connectivity index (χ3v) is 4.11. The molecule has 0 fully saturated rings. The molecule has 5 nitrogen and oxygen atoms in total. The predicted octanol–water partition coefficient (Wildman–Crippen LogP) is 1.81. The van der Waals surface area contributed by atoms with E-state index in [2.05, 4.69) is 5.32 Å². The lowest BCUT2D eigenvalue weighted by atomic mass is 9.84. The molecular formula is C19H23NO4. The van der Waals surface area contributed by atoms with Crippen LogP contribution in [0.3, 0.4) is 0 Å². The van der Waals surface area contributed by atoms with Crippen LogP contribution >= 0.6 is 0 Å². The number of Topliss-reactive ketones (excluding diaryl/α,β-unsaturated/α-hetero) is 1. The predicted molar refractivity (Wildman–Crippen MR) is 91.8 cm³/mol. The maximum atomic E-state index is 11.9. The first kappa shape index (κ1) is 18.1. The molecule has 2 rings (SSSR count). The first-order valence-corrected chi connectivity index (χ1v) is 7.87. The molecule has 24 heavy (non-hydrogen) atoms. The van der Waals surface area contributed by atoms with Crippen molar-refractivity contribution in [3.05, 3.63) is 58.7 Å². The van der Waals surface area contributed by atoms with E-state index >= 15 is 0 Å². The average Bonchev–Trinajstić information content (AvgIpc) is 2.58. The van der Waals surface area contributed by atoms with E-state index in [1.807, 2.05) is 24.3 Å². The summed E-state index contributed by atoms with van der Waals surface area (Å²) in [5, 5.41) is 11.4. The number of ketones is 1. The van der Waals surface area contributed by atoms with Gasteiger partial charge in [-0.2, -0.15) is 0 Å². The van der Waals surface area contributed by atoms with Crippen molar-refractivity contribution in [1.82, 2.24) is 5.32 Å². The van der Waals surface area contributed by atoms with Crippen molar-refractivity contribution < 1.29 is 19.4 Å². The molecule has 1 amide bonds. The molecule has 0 heterocycles. The molecule has 0 bridgehead atoms. The number of aliphatic hydroxyl groups excluding tert-OH is 1. The lowest BCUT2D eigenvalue weighted by Crippen LogP contribution is -2.34. The van der Waals surface area contributed by atoms with Gasteiger partial charge in [0.15, 0.2) is 5.78 Å². The summed E-state index contributed by atoms with van der Waals surface area (Å²) >= 11 is 0. The van der Waals surface area contributed by atoms with Gasteiger partial charge in [-0.25, -0.2) is 0 Å². The summed E-state index contributed by atoms with van der Waals surface area (Å²) in [4.78, 5) is 23.8. The van der Waals surface area contributed by atoms with Gasteiger partial charge in [0, 0.05) is 25.6 Å². The highest BCUT2D eigenvalue weighted by molar-refractivity contribution is 6.08. The van der Waals surface area contributed by atoms with E-state index in [1.165, 1.54) is 0 Å². The summed E-state index contributed by atoms with van der Waals surface area (Å²) in [5.74, 6) is -0.176. The number of carbonyl (C=O) groups excluding carboxylic acids is 2. The molecule has 0 spiro atoms. The number of aliphatic hydroxyl groups is 1. The van der Waals surface area contributed by atoms with E-state index in [9.17, 15) is 9.59 Å². The van der Waals surface area contributed by atoms with Gasteiger partial charge in [0.05, 0.1) is 6.61 Å². The Morgan fingerprint density at radius 3 is 2.25 bits per heavy atom. The quantitative estimate of drug-likeness (QED) is 0.835.